The number of carbonyl (C=O) groups excluding carboxylic acids is 1. The molecule has 134 valence electrons. The zero-order valence-electron chi connectivity index (χ0n) is 14.6. The van der Waals surface area contributed by atoms with Gasteiger partial charge >= 0.3 is 0 Å². The van der Waals surface area contributed by atoms with Gasteiger partial charge < -0.3 is 15.2 Å². The number of rotatable bonds is 10. The van der Waals surface area contributed by atoms with E-state index in [9.17, 15) is 4.79 Å². The van der Waals surface area contributed by atoms with Crippen molar-refractivity contribution >= 4 is 5.91 Å². The molecule has 0 unspecified atom stereocenters. The van der Waals surface area contributed by atoms with E-state index in [4.69, 9.17) is 10.3 Å². The van der Waals surface area contributed by atoms with Crippen molar-refractivity contribution < 1.29 is 9.32 Å². The molecule has 0 aliphatic heterocycles. The second kappa shape index (κ2) is 8.76. The lowest BCUT2D eigenvalue weighted by Gasteiger charge is -2.22. The monoisotopic (exact) mass is 342 g/mol. The van der Waals surface area contributed by atoms with Gasteiger partial charge in [0, 0.05) is 31.8 Å². The highest BCUT2D eigenvalue weighted by molar-refractivity contribution is 5.76. The fraction of sp³-hybridized carbons (Fsp3) is 0.526. The standard InChI is InChI=1S/C19H26N4O2/c20-12-5-13-23(14-15-6-2-1-3-7-15)18(24)9-4-8-17-21-19(22-25-17)16-10-11-16/h1-3,6-7,16H,4-5,8-14,20H2. The van der Waals surface area contributed by atoms with E-state index in [0.29, 0.717) is 44.3 Å². The Bertz CT molecular complexity index is 667. The highest BCUT2D eigenvalue weighted by atomic mass is 16.5. The quantitative estimate of drug-likeness (QED) is 0.717. The number of hydrogen-bond acceptors (Lipinski definition) is 5. The molecule has 25 heavy (non-hydrogen) atoms. The van der Waals surface area contributed by atoms with Crippen LogP contribution in [-0.2, 0) is 17.8 Å². The third-order valence-electron chi connectivity index (χ3n) is 4.41. The summed E-state index contributed by atoms with van der Waals surface area (Å²) in [7, 11) is 0. The predicted molar refractivity (Wildman–Crippen MR) is 94.7 cm³/mol. The van der Waals surface area contributed by atoms with Crippen molar-refractivity contribution in [1.82, 2.24) is 15.0 Å². The maximum atomic E-state index is 12.6. The summed E-state index contributed by atoms with van der Waals surface area (Å²) in [6.45, 7) is 1.91. The van der Waals surface area contributed by atoms with E-state index in [2.05, 4.69) is 10.1 Å². The Morgan fingerprint density at radius 3 is 2.76 bits per heavy atom. The Hall–Kier alpha value is -2.21. The van der Waals surface area contributed by atoms with E-state index in [0.717, 1.165) is 37.1 Å². The average Bonchev–Trinajstić information content (AvgIpc) is 3.38. The van der Waals surface area contributed by atoms with Crippen molar-refractivity contribution in [3.05, 3.63) is 47.6 Å². The molecule has 2 N–H and O–H groups in total. The second-order valence-corrected chi connectivity index (χ2v) is 6.62. The smallest absolute Gasteiger partial charge is 0.226 e. The van der Waals surface area contributed by atoms with Crippen molar-refractivity contribution in [2.24, 2.45) is 5.73 Å². The van der Waals surface area contributed by atoms with Gasteiger partial charge in [-0.05, 0) is 37.8 Å². The first-order chi connectivity index (χ1) is 12.3. The van der Waals surface area contributed by atoms with Crippen LogP contribution in [0, 0.1) is 0 Å². The minimum atomic E-state index is 0.152. The first-order valence-corrected chi connectivity index (χ1v) is 9.10. The minimum absolute atomic E-state index is 0.152. The van der Waals surface area contributed by atoms with Crippen LogP contribution in [-0.4, -0.2) is 34.0 Å². The Kier molecular flexibility index (Phi) is 6.17. The maximum Gasteiger partial charge on any atom is 0.226 e. The molecule has 2 aromatic rings. The van der Waals surface area contributed by atoms with Gasteiger partial charge in [-0.1, -0.05) is 35.5 Å². The molecule has 1 aliphatic rings. The van der Waals surface area contributed by atoms with Gasteiger partial charge in [0.2, 0.25) is 11.8 Å². The second-order valence-electron chi connectivity index (χ2n) is 6.62. The molecule has 1 aromatic heterocycles. The molecule has 6 nitrogen and oxygen atoms in total. The Labute approximate surface area is 148 Å². The molecule has 0 saturated heterocycles. The third kappa shape index (κ3) is 5.39. The van der Waals surface area contributed by atoms with Gasteiger partial charge in [0.1, 0.15) is 0 Å². The van der Waals surface area contributed by atoms with Crippen molar-refractivity contribution in [3.63, 3.8) is 0 Å². The Morgan fingerprint density at radius 2 is 2.04 bits per heavy atom. The zero-order chi connectivity index (χ0) is 17.5. The number of hydrogen-bond donors (Lipinski definition) is 1. The van der Waals surface area contributed by atoms with Gasteiger partial charge in [0.25, 0.3) is 0 Å². The molecule has 0 radical (unpaired) electrons. The molecule has 1 aliphatic carbocycles. The van der Waals surface area contributed by atoms with Gasteiger partial charge in [-0.25, -0.2) is 0 Å². The summed E-state index contributed by atoms with van der Waals surface area (Å²) in [5.41, 5.74) is 6.75. The van der Waals surface area contributed by atoms with Crippen molar-refractivity contribution in [2.45, 2.75) is 51.0 Å². The summed E-state index contributed by atoms with van der Waals surface area (Å²) in [5.74, 6) is 2.12. The van der Waals surface area contributed by atoms with Crippen LogP contribution in [0.5, 0.6) is 0 Å². The van der Waals surface area contributed by atoms with E-state index in [1.807, 2.05) is 35.2 Å². The van der Waals surface area contributed by atoms with Crippen LogP contribution in [0.3, 0.4) is 0 Å². The molecule has 1 heterocycles. The van der Waals surface area contributed by atoms with Gasteiger partial charge in [-0.2, -0.15) is 4.98 Å². The number of benzene rings is 1. The predicted octanol–water partition coefficient (Wildman–Crippen LogP) is 2.65. The molecule has 1 fully saturated rings. The average molecular weight is 342 g/mol. The lowest BCUT2D eigenvalue weighted by Crippen LogP contribution is -2.32. The van der Waals surface area contributed by atoms with Crippen molar-refractivity contribution in [2.75, 3.05) is 13.1 Å². The summed E-state index contributed by atoms with van der Waals surface area (Å²) in [5, 5.41) is 4.01. The summed E-state index contributed by atoms with van der Waals surface area (Å²) in [6, 6.07) is 10.1. The van der Waals surface area contributed by atoms with Crippen LogP contribution in [0.1, 0.15) is 55.3 Å². The van der Waals surface area contributed by atoms with Crippen molar-refractivity contribution in [3.8, 4) is 0 Å². The molecule has 0 bridgehead atoms. The Morgan fingerprint density at radius 1 is 1.24 bits per heavy atom. The molecule has 3 rings (SSSR count). The zero-order valence-corrected chi connectivity index (χ0v) is 14.6. The molecule has 0 spiro atoms. The summed E-state index contributed by atoms with van der Waals surface area (Å²) >= 11 is 0. The van der Waals surface area contributed by atoms with Crippen molar-refractivity contribution in [1.29, 1.82) is 0 Å². The van der Waals surface area contributed by atoms with E-state index in [-0.39, 0.29) is 5.91 Å². The Balaban J connectivity index is 1.48. The molecular formula is C19H26N4O2. The fourth-order valence-electron chi connectivity index (χ4n) is 2.80. The molecule has 1 amide bonds. The van der Waals surface area contributed by atoms with Crippen LogP contribution in [0.2, 0.25) is 0 Å². The molecule has 0 atom stereocenters. The third-order valence-corrected chi connectivity index (χ3v) is 4.41. The lowest BCUT2D eigenvalue weighted by molar-refractivity contribution is -0.132. The van der Waals surface area contributed by atoms with Crippen LogP contribution in [0.4, 0.5) is 0 Å². The molecular weight excluding hydrogens is 316 g/mol. The SMILES string of the molecule is NCCCN(Cc1ccccc1)C(=O)CCCc1nc(C2CC2)no1. The van der Waals surface area contributed by atoms with E-state index in [1.165, 1.54) is 0 Å². The number of aromatic nitrogens is 2. The first kappa shape index (κ1) is 17.6. The minimum Gasteiger partial charge on any atom is -0.339 e. The van der Waals surface area contributed by atoms with Crippen LogP contribution < -0.4 is 5.73 Å². The number of amides is 1. The maximum absolute atomic E-state index is 12.6. The lowest BCUT2D eigenvalue weighted by atomic mass is 10.1. The topological polar surface area (TPSA) is 85.2 Å². The number of nitrogens with zero attached hydrogens (tertiary/aromatic N) is 3. The van der Waals surface area contributed by atoms with Crippen LogP contribution >= 0.6 is 0 Å². The van der Waals surface area contributed by atoms with E-state index < -0.39 is 0 Å². The molecule has 1 aromatic carbocycles. The first-order valence-electron chi connectivity index (χ1n) is 9.10. The molecule has 1 saturated carbocycles. The van der Waals surface area contributed by atoms with Crippen LogP contribution in [0.15, 0.2) is 34.9 Å². The molecule has 6 heteroatoms. The van der Waals surface area contributed by atoms with Gasteiger partial charge in [-0.3, -0.25) is 4.79 Å². The van der Waals surface area contributed by atoms with Gasteiger partial charge in [-0.15, -0.1) is 0 Å². The van der Waals surface area contributed by atoms with Crippen LogP contribution in [0.25, 0.3) is 0 Å². The van der Waals surface area contributed by atoms with Gasteiger partial charge in [0.05, 0.1) is 0 Å². The van der Waals surface area contributed by atoms with Gasteiger partial charge in [0.15, 0.2) is 5.82 Å². The summed E-state index contributed by atoms with van der Waals surface area (Å²) < 4.78 is 5.27. The number of carbonyl (C=O) groups is 1. The van der Waals surface area contributed by atoms with E-state index in [1.54, 1.807) is 0 Å². The van der Waals surface area contributed by atoms with E-state index >= 15 is 0 Å². The number of aryl methyl sites for hydroxylation is 1. The fourth-order valence-corrected chi connectivity index (χ4v) is 2.80. The summed E-state index contributed by atoms with van der Waals surface area (Å²) in [4.78, 5) is 18.9. The normalized spacial score (nSPS) is 13.8. The largest absolute Gasteiger partial charge is 0.339 e. The highest BCUT2D eigenvalue weighted by Gasteiger charge is 2.28. The number of nitrogens with two attached hydrogens (primary N) is 1. The highest BCUT2D eigenvalue weighted by Crippen LogP contribution is 2.38. The summed E-state index contributed by atoms with van der Waals surface area (Å²) in [6.07, 6.45) is 4.99.